The van der Waals surface area contributed by atoms with Crippen LogP contribution < -0.4 is 5.32 Å². The van der Waals surface area contributed by atoms with Gasteiger partial charge in [-0.1, -0.05) is 25.1 Å². The number of nitrogens with one attached hydrogen (secondary N) is 1. The van der Waals surface area contributed by atoms with Crippen LogP contribution in [0.25, 0.3) is 5.69 Å². The molecule has 1 amide bonds. The first kappa shape index (κ1) is 15.9. The van der Waals surface area contributed by atoms with E-state index in [0.717, 1.165) is 24.2 Å². The molecule has 1 aromatic carbocycles. The van der Waals surface area contributed by atoms with Gasteiger partial charge in [0.25, 0.3) is 5.91 Å². The van der Waals surface area contributed by atoms with Gasteiger partial charge in [-0.2, -0.15) is 0 Å². The van der Waals surface area contributed by atoms with Crippen molar-refractivity contribution in [1.29, 1.82) is 0 Å². The zero-order valence-corrected chi connectivity index (χ0v) is 13.6. The van der Waals surface area contributed by atoms with Crippen LogP contribution in [0.1, 0.15) is 48.9 Å². The zero-order chi connectivity index (χ0) is 16.9. The second kappa shape index (κ2) is 7.08. The van der Waals surface area contributed by atoms with E-state index in [1.54, 1.807) is 23.3 Å². The first-order chi connectivity index (χ1) is 11.7. The number of rotatable bonds is 6. The van der Waals surface area contributed by atoms with E-state index in [1.807, 2.05) is 24.3 Å². The van der Waals surface area contributed by atoms with Crippen molar-refractivity contribution in [2.45, 2.75) is 32.6 Å². The van der Waals surface area contributed by atoms with Crippen molar-refractivity contribution >= 4 is 11.6 Å². The molecule has 0 bridgehead atoms. The number of aromatic nitrogens is 4. The molecule has 7 nitrogen and oxygen atoms in total. The van der Waals surface area contributed by atoms with Crippen molar-refractivity contribution < 1.29 is 9.32 Å². The van der Waals surface area contributed by atoms with Gasteiger partial charge in [-0.25, -0.2) is 0 Å². The molecule has 0 aliphatic rings. The van der Waals surface area contributed by atoms with Crippen LogP contribution in [0.3, 0.4) is 0 Å². The minimum absolute atomic E-state index is 0.214. The molecule has 3 aromatic rings. The summed E-state index contributed by atoms with van der Waals surface area (Å²) in [5, 5.41) is 14.4. The summed E-state index contributed by atoms with van der Waals surface area (Å²) in [6.45, 7) is 4.19. The molecule has 0 saturated heterocycles. The maximum Gasteiger partial charge on any atom is 0.294 e. The van der Waals surface area contributed by atoms with Crippen LogP contribution in [0, 0.1) is 0 Å². The molecule has 0 fully saturated rings. The molecule has 3 rings (SSSR count). The number of hydrogen-bond donors (Lipinski definition) is 1. The Kier molecular flexibility index (Phi) is 4.69. The third-order valence-electron chi connectivity index (χ3n) is 3.98. The monoisotopic (exact) mass is 325 g/mol. The summed E-state index contributed by atoms with van der Waals surface area (Å²) >= 11 is 0. The van der Waals surface area contributed by atoms with Crippen LogP contribution in [0.15, 0.2) is 47.5 Å². The molecule has 0 unspecified atom stereocenters. The minimum atomic E-state index is -0.319. The summed E-state index contributed by atoms with van der Waals surface area (Å²) in [5.41, 5.74) is 2.34. The minimum Gasteiger partial charge on any atom is -0.351 e. The predicted molar refractivity (Wildman–Crippen MR) is 89.1 cm³/mol. The summed E-state index contributed by atoms with van der Waals surface area (Å²) in [6.07, 6.45) is 5.12. The lowest BCUT2D eigenvalue weighted by Crippen LogP contribution is -2.11. The highest BCUT2D eigenvalue weighted by molar-refractivity contribution is 6.02. The molecule has 24 heavy (non-hydrogen) atoms. The van der Waals surface area contributed by atoms with Gasteiger partial charge in [0.05, 0.1) is 11.4 Å². The lowest BCUT2D eigenvalue weighted by molar-refractivity contribution is 0.0988. The summed E-state index contributed by atoms with van der Waals surface area (Å²) < 4.78 is 6.96. The summed E-state index contributed by atoms with van der Waals surface area (Å²) in [4.78, 5) is 12.3. The Labute approximate surface area is 139 Å². The standard InChI is InChI=1S/C17H19N5O2/c1-3-12(4-2)15-9-16(24-21-15)17(23)20-13-6-5-7-14(8-13)22-10-18-19-11-22/h5-12H,3-4H2,1-2H3,(H,20,23). The van der Waals surface area contributed by atoms with Gasteiger partial charge in [0, 0.05) is 17.7 Å². The molecule has 0 aliphatic heterocycles. The fraction of sp³-hybridized carbons (Fsp3) is 0.294. The van der Waals surface area contributed by atoms with Gasteiger partial charge in [0.2, 0.25) is 5.76 Å². The van der Waals surface area contributed by atoms with E-state index in [-0.39, 0.29) is 11.7 Å². The molecular weight excluding hydrogens is 306 g/mol. The first-order valence-corrected chi connectivity index (χ1v) is 7.94. The Hall–Kier alpha value is -2.96. The van der Waals surface area contributed by atoms with Crippen LogP contribution in [-0.2, 0) is 0 Å². The number of carbonyl (C=O) groups is 1. The van der Waals surface area contributed by atoms with Crippen molar-refractivity contribution in [1.82, 2.24) is 19.9 Å². The average molecular weight is 325 g/mol. The third kappa shape index (κ3) is 3.34. The van der Waals surface area contributed by atoms with Crippen molar-refractivity contribution in [3.63, 3.8) is 0 Å². The quantitative estimate of drug-likeness (QED) is 0.750. The van der Waals surface area contributed by atoms with Gasteiger partial charge in [0.15, 0.2) is 0 Å². The molecule has 0 aliphatic carbocycles. The average Bonchev–Trinajstić information content (AvgIpc) is 3.28. The number of nitrogens with zero attached hydrogens (tertiary/aromatic N) is 4. The Morgan fingerprint density at radius 1 is 1.21 bits per heavy atom. The largest absolute Gasteiger partial charge is 0.351 e. The first-order valence-electron chi connectivity index (χ1n) is 7.94. The molecule has 2 heterocycles. The van der Waals surface area contributed by atoms with E-state index in [9.17, 15) is 4.79 Å². The number of amides is 1. The van der Waals surface area contributed by atoms with E-state index < -0.39 is 0 Å². The molecule has 0 saturated carbocycles. The van der Waals surface area contributed by atoms with Crippen LogP contribution in [0.5, 0.6) is 0 Å². The summed E-state index contributed by atoms with van der Waals surface area (Å²) in [7, 11) is 0. The Morgan fingerprint density at radius 2 is 1.96 bits per heavy atom. The van der Waals surface area contributed by atoms with Crippen LogP contribution in [0.2, 0.25) is 0 Å². The molecule has 2 aromatic heterocycles. The van der Waals surface area contributed by atoms with Gasteiger partial charge in [-0.3, -0.25) is 9.36 Å². The molecule has 0 atom stereocenters. The Bertz CT molecular complexity index is 806. The normalized spacial score (nSPS) is 11.0. The topological polar surface area (TPSA) is 85.8 Å². The number of benzene rings is 1. The third-order valence-corrected chi connectivity index (χ3v) is 3.98. The molecule has 0 radical (unpaired) electrons. The maximum atomic E-state index is 12.3. The van der Waals surface area contributed by atoms with E-state index >= 15 is 0 Å². The lowest BCUT2D eigenvalue weighted by Gasteiger charge is -2.06. The fourth-order valence-corrected chi connectivity index (χ4v) is 2.57. The zero-order valence-electron chi connectivity index (χ0n) is 13.6. The maximum absolute atomic E-state index is 12.3. The lowest BCUT2D eigenvalue weighted by atomic mass is 9.99. The second-order valence-electron chi connectivity index (χ2n) is 5.50. The van der Waals surface area contributed by atoms with Crippen LogP contribution in [0.4, 0.5) is 5.69 Å². The van der Waals surface area contributed by atoms with E-state index in [2.05, 4.69) is 34.5 Å². The molecular formula is C17H19N5O2. The number of anilines is 1. The number of hydrogen-bond acceptors (Lipinski definition) is 5. The highest BCUT2D eigenvalue weighted by Crippen LogP contribution is 2.23. The van der Waals surface area contributed by atoms with E-state index in [1.165, 1.54) is 0 Å². The molecule has 124 valence electrons. The van der Waals surface area contributed by atoms with Gasteiger partial charge in [-0.15, -0.1) is 10.2 Å². The van der Waals surface area contributed by atoms with Crippen molar-refractivity contribution in [2.24, 2.45) is 0 Å². The highest BCUT2D eigenvalue weighted by atomic mass is 16.5. The van der Waals surface area contributed by atoms with Crippen LogP contribution in [-0.4, -0.2) is 25.8 Å². The van der Waals surface area contributed by atoms with Crippen molar-refractivity contribution in [2.75, 3.05) is 5.32 Å². The Morgan fingerprint density at radius 3 is 2.67 bits per heavy atom. The van der Waals surface area contributed by atoms with E-state index in [4.69, 9.17) is 4.52 Å². The van der Waals surface area contributed by atoms with Gasteiger partial charge < -0.3 is 9.84 Å². The fourth-order valence-electron chi connectivity index (χ4n) is 2.57. The van der Waals surface area contributed by atoms with E-state index in [0.29, 0.717) is 11.6 Å². The van der Waals surface area contributed by atoms with Crippen molar-refractivity contribution in [3.8, 4) is 5.69 Å². The molecule has 7 heteroatoms. The summed E-state index contributed by atoms with van der Waals surface area (Å²) in [6, 6.07) is 9.11. The second-order valence-corrected chi connectivity index (χ2v) is 5.50. The van der Waals surface area contributed by atoms with Crippen molar-refractivity contribution in [3.05, 3.63) is 54.4 Å². The smallest absolute Gasteiger partial charge is 0.294 e. The van der Waals surface area contributed by atoms with Crippen LogP contribution >= 0.6 is 0 Å². The summed E-state index contributed by atoms with van der Waals surface area (Å²) in [5.74, 6) is 0.208. The Balaban J connectivity index is 1.74. The van der Waals surface area contributed by atoms with Gasteiger partial charge in [-0.05, 0) is 31.0 Å². The van der Waals surface area contributed by atoms with Gasteiger partial charge >= 0.3 is 0 Å². The highest BCUT2D eigenvalue weighted by Gasteiger charge is 2.17. The molecule has 0 spiro atoms. The predicted octanol–water partition coefficient (Wildman–Crippen LogP) is 3.41. The van der Waals surface area contributed by atoms with Gasteiger partial charge in [0.1, 0.15) is 12.7 Å². The number of carbonyl (C=O) groups excluding carboxylic acids is 1. The SMILES string of the molecule is CCC(CC)c1cc(C(=O)Nc2cccc(-n3cnnc3)c2)on1. The molecule has 1 N–H and O–H groups in total.